The Balaban J connectivity index is 2.23. The van der Waals surface area contributed by atoms with Crippen molar-refractivity contribution < 1.29 is 9.84 Å². The molecular weight excluding hydrogens is 202 g/mol. The Labute approximate surface area is 94.5 Å². The van der Waals surface area contributed by atoms with Gasteiger partial charge in [0.2, 0.25) is 0 Å². The summed E-state index contributed by atoms with van der Waals surface area (Å²) in [6.45, 7) is 0.440. The smallest absolute Gasteiger partial charge is 0.127 e. The summed E-state index contributed by atoms with van der Waals surface area (Å²) < 4.78 is 5.54. The third kappa shape index (κ3) is 2.32. The minimum absolute atomic E-state index is 0.213. The van der Waals surface area contributed by atoms with E-state index in [1.165, 1.54) is 0 Å². The maximum absolute atomic E-state index is 9.34. The number of benzene rings is 2. The minimum atomic E-state index is -0.612. The van der Waals surface area contributed by atoms with Crippen LogP contribution in [0.1, 0.15) is 0 Å². The molecule has 0 aromatic heterocycles. The zero-order valence-corrected chi connectivity index (χ0v) is 8.97. The zero-order chi connectivity index (χ0) is 11.4. The molecule has 0 aliphatic carbocycles. The molecule has 0 unspecified atom stereocenters. The first-order chi connectivity index (χ1) is 7.81. The molecule has 0 spiro atoms. The molecule has 3 N–H and O–H groups in total. The summed E-state index contributed by atoms with van der Waals surface area (Å²) in [4.78, 5) is 0. The number of aliphatic hydroxyl groups excluding tert-OH is 1. The van der Waals surface area contributed by atoms with Crippen LogP contribution in [0.25, 0.3) is 10.8 Å². The van der Waals surface area contributed by atoms with Crippen molar-refractivity contribution >= 4 is 10.8 Å². The number of aliphatic hydroxyl groups is 1. The predicted molar refractivity (Wildman–Crippen MR) is 64.5 cm³/mol. The van der Waals surface area contributed by atoms with E-state index in [0.717, 1.165) is 16.5 Å². The van der Waals surface area contributed by atoms with Crippen LogP contribution in [0.2, 0.25) is 0 Å². The molecule has 3 nitrogen and oxygen atoms in total. The van der Waals surface area contributed by atoms with Crippen molar-refractivity contribution in [3.05, 3.63) is 42.5 Å². The van der Waals surface area contributed by atoms with Crippen molar-refractivity contribution in [2.24, 2.45) is 5.73 Å². The average molecular weight is 217 g/mol. The lowest BCUT2D eigenvalue weighted by atomic mass is 10.1. The fourth-order valence-electron chi connectivity index (χ4n) is 1.58. The van der Waals surface area contributed by atoms with Gasteiger partial charge >= 0.3 is 0 Å². The summed E-state index contributed by atoms with van der Waals surface area (Å²) in [6, 6.07) is 13.8. The second-order valence-electron chi connectivity index (χ2n) is 3.68. The number of nitrogens with two attached hydrogens (primary N) is 1. The Morgan fingerprint density at radius 2 is 1.88 bits per heavy atom. The number of fused-ring (bicyclic) bond motifs is 1. The highest BCUT2D eigenvalue weighted by molar-refractivity contribution is 5.88. The molecule has 16 heavy (non-hydrogen) atoms. The van der Waals surface area contributed by atoms with Crippen LogP contribution in [0.15, 0.2) is 42.5 Å². The Morgan fingerprint density at radius 3 is 2.69 bits per heavy atom. The van der Waals surface area contributed by atoms with E-state index in [-0.39, 0.29) is 13.2 Å². The first-order valence-corrected chi connectivity index (χ1v) is 5.30. The standard InChI is InChI=1S/C13H15NO2/c14-8-11(15)9-16-13-7-3-5-10-4-1-2-6-12(10)13/h1-7,11,15H,8-9,14H2/t11-/m0/s1. The van der Waals surface area contributed by atoms with Crippen molar-refractivity contribution in [1.29, 1.82) is 0 Å². The number of rotatable bonds is 4. The van der Waals surface area contributed by atoms with Gasteiger partial charge in [-0.05, 0) is 11.5 Å². The molecule has 0 amide bonds. The van der Waals surface area contributed by atoms with E-state index in [4.69, 9.17) is 10.5 Å². The van der Waals surface area contributed by atoms with Crippen LogP contribution < -0.4 is 10.5 Å². The van der Waals surface area contributed by atoms with Gasteiger partial charge < -0.3 is 15.6 Å². The van der Waals surface area contributed by atoms with E-state index in [9.17, 15) is 5.11 Å². The van der Waals surface area contributed by atoms with Gasteiger partial charge in [-0.1, -0.05) is 36.4 Å². The highest BCUT2D eigenvalue weighted by atomic mass is 16.5. The molecule has 0 heterocycles. The molecular formula is C13H15NO2. The fraction of sp³-hybridized carbons (Fsp3) is 0.231. The van der Waals surface area contributed by atoms with E-state index < -0.39 is 6.10 Å². The van der Waals surface area contributed by atoms with Crippen LogP contribution >= 0.6 is 0 Å². The molecule has 0 fully saturated rings. The van der Waals surface area contributed by atoms with Gasteiger partial charge in [0, 0.05) is 11.9 Å². The summed E-state index contributed by atoms with van der Waals surface area (Å²) >= 11 is 0. The van der Waals surface area contributed by atoms with Gasteiger partial charge in [-0.25, -0.2) is 0 Å². The fourth-order valence-corrected chi connectivity index (χ4v) is 1.58. The van der Waals surface area contributed by atoms with Crippen LogP contribution in [0.3, 0.4) is 0 Å². The van der Waals surface area contributed by atoms with Gasteiger partial charge in [0.1, 0.15) is 18.5 Å². The SMILES string of the molecule is NC[C@H](O)COc1cccc2ccccc12. The third-order valence-electron chi connectivity index (χ3n) is 2.45. The van der Waals surface area contributed by atoms with Crippen LogP contribution in [0.4, 0.5) is 0 Å². The van der Waals surface area contributed by atoms with Crippen molar-refractivity contribution in [3.8, 4) is 5.75 Å². The molecule has 0 bridgehead atoms. The van der Waals surface area contributed by atoms with Crippen molar-refractivity contribution in [3.63, 3.8) is 0 Å². The monoisotopic (exact) mass is 217 g/mol. The first-order valence-electron chi connectivity index (χ1n) is 5.30. The van der Waals surface area contributed by atoms with Crippen LogP contribution in [0, 0.1) is 0 Å². The van der Waals surface area contributed by atoms with Crippen molar-refractivity contribution in [2.45, 2.75) is 6.10 Å². The Hall–Kier alpha value is -1.58. The number of hydrogen-bond acceptors (Lipinski definition) is 3. The second-order valence-corrected chi connectivity index (χ2v) is 3.68. The van der Waals surface area contributed by atoms with Gasteiger partial charge in [-0.3, -0.25) is 0 Å². The molecule has 3 heteroatoms. The van der Waals surface area contributed by atoms with E-state index in [0.29, 0.717) is 0 Å². The summed E-state index contributed by atoms with van der Waals surface area (Å²) in [6.07, 6.45) is -0.612. The van der Waals surface area contributed by atoms with Crippen LogP contribution in [-0.2, 0) is 0 Å². The van der Waals surface area contributed by atoms with Gasteiger partial charge in [-0.15, -0.1) is 0 Å². The van der Waals surface area contributed by atoms with E-state index in [1.807, 2.05) is 42.5 Å². The summed E-state index contributed by atoms with van der Waals surface area (Å²) in [5.74, 6) is 0.783. The van der Waals surface area contributed by atoms with E-state index in [2.05, 4.69) is 0 Å². The predicted octanol–water partition coefficient (Wildman–Crippen LogP) is 1.54. The van der Waals surface area contributed by atoms with Crippen LogP contribution in [0.5, 0.6) is 5.75 Å². The zero-order valence-electron chi connectivity index (χ0n) is 8.97. The normalized spacial score (nSPS) is 12.6. The highest BCUT2D eigenvalue weighted by Gasteiger charge is 2.04. The lowest BCUT2D eigenvalue weighted by Gasteiger charge is -2.12. The van der Waals surface area contributed by atoms with Crippen molar-refractivity contribution in [2.75, 3.05) is 13.2 Å². The Morgan fingerprint density at radius 1 is 1.12 bits per heavy atom. The largest absolute Gasteiger partial charge is 0.490 e. The Bertz CT molecular complexity index is 465. The van der Waals surface area contributed by atoms with E-state index in [1.54, 1.807) is 0 Å². The quantitative estimate of drug-likeness (QED) is 0.816. The van der Waals surface area contributed by atoms with Gasteiger partial charge in [0.05, 0.1) is 0 Å². The van der Waals surface area contributed by atoms with Gasteiger partial charge in [0.15, 0.2) is 0 Å². The molecule has 2 rings (SSSR count). The molecule has 84 valence electrons. The van der Waals surface area contributed by atoms with Crippen molar-refractivity contribution in [1.82, 2.24) is 0 Å². The Kier molecular flexibility index (Phi) is 3.39. The van der Waals surface area contributed by atoms with E-state index >= 15 is 0 Å². The summed E-state index contributed by atoms with van der Waals surface area (Å²) in [7, 11) is 0. The average Bonchev–Trinajstić information content (AvgIpc) is 2.35. The first kappa shape index (κ1) is 10.9. The summed E-state index contributed by atoms with van der Waals surface area (Å²) in [5, 5.41) is 11.5. The highest BCUT2D eigenvalue weighted by Crippen LogP contribution is 2.25. The minimum Gasteiger partial charge on any atom is -0.490 e. The molecule has 0 saturated carbocycles. The molecule has 1 atom stereocenters. The molecule has 2 aromatic rings. The van der Waals surface area contributed by atoms with Gasteiger partial charge in [-0.2, -0.15) is 0 Å². The molecule has 0 radical (unpaired) electrons. The summed E-state index contributed by atoms with van der Waals surface area (Å²) in [5.41, 5.74) is 5.32. The maximum Gasteiger partial charge on any atom is 0.127 e. The topological polar surface area (TPSA) is 55.5 Å². The second kappa shape index (κ2) is 4.96. The molecule has 2 aromatic carbocycles. The molecule has 0 saturated heterocycles. The third-order valence-corrected chi connectivity index (χ3v) is 2.45. The lowest BCUT2D eigenvalue weighted by molar-refractivity contribution is 0.115. The maximum atomic E-state index is 9.34. The number of hydrogen-bond donors (Lipinski definition) is 2. The lowest BCUT2D eigenvalue weighted by Crippen LogP contribution is -2.26. The molecule has 0 aliphatic heterocycles. The number of ether oxygens (including phenoxy) is 1. The van der Waals surface area contributed by atoms with Crippen LogP contribution in [-0.4, -0.2) is 24.4 Å². The van der Waals surface area contributed by atoms with Gasteiger partial charge in [0.25, 0.3) is 0 Å². The molecule has 0 aliphatic rings.